The van der Waals surface area contributed by atoms with Crippen molar-refractivity contribution in [3.8, 4) is 0 Å². The monoisotopic (exact) mass is 468 g/mol. The van der Waals surface area contributed by atoms with Gasteiger partial charge in [-0.25, -0.2) is 9.59 Å². The summed E-state index contributed by atoms with van der Waals surface area (Å²) in [5.74, 6) is -0.810. The molecule has 188 valence electrons. The van der Waals surface area contributed by atoms with E-state index in [0.717, 1.165) is 44.7 Å². The predicted octanol–water partition coefficient (Wildman–Crippen LogP) is 3.24. The average molecular weight is 469 g/mol. The van der Waals surface area contributed by atoms with Gasteiger partial charge in [-0.2, -0.15) is 0 Å². The van der Waals surface area contributed by atoms with E-state index >= 15 is 0 Å². The molecule has 0 bridgehead atoms. The molecular formula is C24H40N2O7. The topological polar surface area (TPSA) is 102 Å². The van der Waals surface area contributed by atoms with Crippen LogP contribution in [-0.2, 0) is 33.4 Å². The van der Waals surface area contributed by atoms with E-state index in [0.29, 0.717) is 19.6 Å². The molecule has 0 aromatic carbocycles. The summed E-state index contributed by atoms with van der Waals surface area (Å²) in [6, 6.07) is 0. The molecule has 0 aliphatic carbocycles. The van der Waals surface area contributed by atoms with E-state index in [1.807, 2.05) is 25.9 Å². The summed E-state index contributed by atoms with van der Waals surface area (Å²) >= 11 is 0. The van der Waals surface area contributed by atoms with Gasteiger partial charge in [0, 0.05) is 38.6 Å². The van der Waals surface area contributed by atoms with Crippen molar-refractivity contribution in [2.24, 2.45) is 0 Å². The van der Waals surface area contributed by atoms with Crippen LogP contribution in [0.15, 0.2) is 50.9 Å². The number of esters is 3. The molecule has 1 aliphatic heterocycles. The lowest BCUT2D eigenvalue weighted by Gasteiger charge is -2.07. The van der Waals surface area contributed by atoms with E-state index in [9.17, 15) is 19.2 Å². The third-order valence-corrected chi connectivity index (χ3v) is 3.44. The Labute approximate surface area is 198 Å². The van der Waals surface area contributed by atoms with Crippen molar-refractivity contribution in [2.75, 3.05) is 40.4 Å². The molecule has 9 heteroatoms. The zero-order valence-corrected chi connectivity index (χ0v) is 20.5. The Morgan fingerprint density at radius 1 is 1.03 bits per heavy atom. The number of hydrogen-bond donors (Lipinski definition) is 0. The number of unbranched alkanes of at least 4 members (excludes halogenated alkanes) is 1. The van der Waals surface area contributed by atoms with Gasteiger partial charge in [-0.1, -0.05) is 39.7 Å². The molecule has 0 aromatic heterocycles. The lowest BCUT2D eigenvalue weighted by molar-refractivity contribution is -0.138. The minimum atomic E-state index is -0.359. The van der Waals surface area contributed by atoms with Crippen LogP contribution in [0.2, 0.25) is 0 Å². The second kappa shape index (κ2) is 25.1. The molecule has 0 atom stereocenters. The quantitative estimate of drug-likeness (QED) is 0.158. The average Bonchev–Trinajstić information content (AvgIpc) is 3.19. The van der Waals surface area contributed by atoms with E-state index in [1.54, 1.807) is 11.1 Å². The summed E-state index contributed by atoms with van der Waals surface area (Å²) in [6.07, 6.45) is 8.70. The van der Waals surface area contributed by atoms with Gasteiger partial charge < -0.3 is 24.0 Å². The summed E-state index contributed by atoms with van der Waals surface area (Å²) in [6.45, 7) is 19.1. The highest BCUT2D eigenvalue weighted by atomic mass is 16.5. The molecule has 0 unspecified atom stereocenters. The van der Waals surface area contributed by atoms with Crippen LogP contribution in [0.5, 0.6) is 0 Å². The maximum Gasteiger partial charge on any atom is 0.330 e. The molecule has 9 nitrogen and oxygen atoms in total. The number of hydrogen-bond acceptors (Lipinski definition) is 8. The number of ether oxygens (including phenoxy) is 3. The van der Waals surface area contributed by atoms with E-state index in [4.69, 9.17) is 4.74 Å². The Hall–Kier alpha value is -3.20. The summed E-state index contributed by atoms with van der Waals surface area (Å²) < 4.78 is 13.5. The minimum Gasteiger partial charge on any atom is -0.463 e. The zero-order chi connectivity index (χ0) is 26.1. The Morgan fingerprint density at radius 2 is 1.58 bits per heavy atom. The lowest BCUT2D eigenvalue weighted by atomic mass is 10.4. The molecule has 1 saturated heterocycles. The van der Waals surface area contributed by atoms with Crippen LogP contribution in [0.4, 0.5) is 0 Å². The molecule has 0 radical (unpaired) electrons. The van der Waals surface area contributed by atoms with Gasteiger partial charge in [-0.15, -0.1) is 0 Å². The third-order valence-electron chi connectivity index (χ3n) is 3.44. The van der Waals surface area contributed by atoms with Crippen LogP contribution in [0.3, 0.4) is 0 Å². The first kappa shape index (κ1) is 34.4. The molecular weight excluding hydrogens is 428 g/mol. The highest BCUT2D eigenvalue weighted by molar-refractivity contribution is 5.81. The Morgan fingerprint density at radius 3 is 1.85 bits per heavy atom. The number of amides is 1. The largest absolute Gasteiger partial charge is 0.463 e. The van der Waals surface area contributed by atoms with Crippen LogP contribution in [0.25, 0.3) is 0 Å². The standard InChI is InChI=1S/C7H13NO2.C7H12O2.C6H9NO.C4H6O2/c1-4-7(9)10-6-5-8(2)3;1-3-5-6-9-7(8)4-2;1-2-7-5-3-4-6(7)8;1-3-6-4(2)5/h4H,1,5-6H2,2-3H3;4H,2-3,5-6H2,1H3;2H,1,3-5H2;3H,1H2,2H3. The highest BCUT2D eigenvalue weighted by Gasteiger charge is 2.16. The van der Waals surface area contributed by atoms with E-state index < -0.39 is 0 Å². The molecule has 1 fully saturated rings. The summed E-state index contributed by atoms with van der Waals surface area (Å²) in [5.41, 5.74) is 0. The van der Waals surface area contributed by atoms with Gasteiger partial charge >= 0.3 is 17.9 Å². The van der Waals surface area contributed by atoms with E-state index in [-0.39, 0.29) is 23.8 Å². The first-order valence-corrected chi connectivity index (χ1v) is 10.5. The molecule has 1 rings (SSSR count). The fourth-order valence-corrected chi connectivity index (χ4v) is 1.74. The van der Waals surface area contributed by atoms with Crippen LogP contribution in [-0.4, -0.2) is 74.0 Å². The van der Waals surface area contributed by atoms with E-state index in [1.165, 1.54) is 13.0 Å². The van der Waals surface area contributed by atoms with Gasteiger partial charge in [0.25, 0.3) is 0 Å². The van der Waals surface area contributed by atoms with Crippen molar-refractivity contribution < 1.29 is 33.4 Å². The number of likely N-dealkylation sites (tertiary alicyclic amines) is 1. The third kappa shape index (κ3) is 28.8. The number of likely N-dealkylation sites (N-methyl/N-ethyl adjacent to an activating group) is 1. The fraction of sp³-hybridized carbons (Fsp3) is 0.500. The van der Waals surface area contributed by atoms with Gasteiger partial charge in [-0.3, -0.25) is 9.59 Å². The molecule has 1 amide bonds. The smallest absolute Gasteiger partial charge is 0.330 e. The number of nitrogens with zero attached hydrogens (tertiary/aromatic N) is 2. The molecule has 0 N–H and O–H groups in total. The van der Waals surface area contributed by atoms with Crippen molar-refractivity contribution in [1.29, 1.82) is 0 Å². The van der Waals surface area contributed by atoms with Gasteiger partial charge in [0.05, 0.1) is 12.9 Å². The highest BCUT2D eigenvalue weighted by Crippen LogP contribution is 2.08. The second-order valence-electron chi connectivity index (χ2n) is 6.55. The van der Waals surface area contributed by atoms with Crippen molar-refractivity contribution in [2.45, 2.75) is 39.5 Å². The lowest BCUT2D eigenvalue weighted by Crippen LogP contribution is -2.19. The summed E-state index contributed by atoms with van der Waals surface area (Å²) in [4.78, 5) is 44.8. The SMILES string of the molecule is C=CC(=O)OCCCC.C=CC(=O)OCCN(C)C.C=CN1CCCC1=O.C=COC(C)=O. The van der Waals surface area contributed by atoms with Crippen molar-refractivity contribution in [3.63, 3.8) is 0 Å². The number of rotatable bonds is 10. The maximum atomic E-state index is 10.7. The number of carbonyl (C=O) groups is 4. The van der Waals surface area contributed by atoms with Gasteiger partial charge in [0.2, 0.25) is 5.91 Å². The molecule has 1 aliphatic rings. The summed E-state index contributed by atoms with van der Waals surface area (Å²) in [7, 11) is 3.84. The normalized spacial score (nSPS) is 11.2. The zero-order valence-electron chi connectivity index (χ0n) is 20.5. The fourth-order valence-electron chi connectivity index (χ4n) is 1.74. The minimum absolute atomic E-state index is 0.208. The Balaban J connectivity index is -0.000000369. The number of carbonyl (C=O) groups excluding carboxylic acids is 4. The van der Waals surface area contributed by atoms with Gasteiger partial charge in [0.1, 0.15) is 6.61 Å². The van der Waals surface area contributed by atoms with Gasteiger partial charge in [-0.05, 0) is 33.1 Å². The Kier molecular flexibility index (Phi) is 26.1. The van der Waals surface area contributed by atoms with Gasteiger partial charge in [0.15, 0.2) is 0 Å². The second-order valence-corrected chi connectivity index (χ2v) is 6.55. The van der Waals surface area contributed by atoms with E-state index in [2.05, 4.69) is 35.8 Å². The predicted molar refractivity (Wildman–Crippen MR) is 129 cm³/mol. The van der Waals surface area contributed by atoms with Crippen molar-refractivity contribution in [1.82, 2.24) is 9.80 Å². The molecule has 0 spiro atoms. The summed E-state index contributed by atoms with van der Waals surface area (Å²) in [5, 5.41) is 0. The first-order valence-electron chi connectivity index (χ1n) is 10.5. The molecule has 1 heterocycles. The molecule has 0 saturated carbocycles. The Bertz CT molecular complexity index is 616. The maximum absolute atomic E-state index is 10.7. The molecule has 0 aromatic rings. The van der Waals surface area contributed by atoms with Crippen LogP contribution >= 0.6 is 0 Å². The van der Waals surface area contributed by atoms with Crippen molar-refractivity contribution >= 4 is 23.8 Å². The van der Waals surface area contributed by atoms with Crippen LogP contribution in [0.1, 0.15) is 39.5 Å². The van der Waals surface area contributed by atoms with Crippen molar-refractivity contribution in [3.05, 3.63) is 50.9 Å². The molecule has 33 heavy (non-hydrogen) atoms. The van der Waals surface area contributed by atoms with Crippen LogP contribution < -0.4 is 0 Å². The van der Waals surface area contributed by atoms with Crippen LogP contribution in [0, 0.1) is 0 Å². The first-order chi connectivity index (χ1) is 15.6.